The van der Waals surface area contributed by atoms with E-state index in [1.54, 1.807) is 57.2 Å². The van der Waals surface area contributed by atoms with Crippen LogP contribution in [-0.2, 0) is 9.53 Å². The lowest BCUT2D eigenvalue weighted by Crippen LogP contribution is -2.27. The van der Waals surface area contributed by atoms with E-state index in [4.69, 9.17) is 9.47 Å². The van der Waals surface area contributed by atoms with E-state index < -0.39 is 11.7 Å². The van der Waals surface area contributed by atoms with Gasteiger partial charge in [-0.05, 0) is 51.8 Å². The molecule has 0 saturated heterocycles. The summed E-state index contributed by atoms with van der Waals surface area (Å²) in [7, 11) is 0. The van der Waals surface area contributed by atoms with Crippen molar-refractivity contribution in [2.24, 2.45) is 5.92 Å². The molecule has 0 atom stereocenters. The SMILES string of the molecule is CC(C)(C)OC(=O)Nc1cccc(Oc2ccc3nc(NC(=O)C4CC4)sc3n2)c1. The summed E-state index contributed by atoms with van der Waals surface area (Å²) in [4.78, 5) is 33.4. The van der Waals surface area contributed by atoms with Gasteiger partial charge in [0.2, 0.25) is 11.8 Å². The van der Waals surface area contributed by atoms with Crippen LogP contribution >= 0.6 is 11.3 Å². The number of amides is 2. The molecule has 0 spiro atoms. The van der Waals surface area contributed by atoms with Crippen molar-refractivity contribution in [3.8, 4) is 11.6 Å². The minimum atomic E-state index is -0.580. The smallest absolute Gasteiger partial charge is 0.412 e. The highest BCUT2D eigenvalue weighted by atomic mass is 32.1. The molecule has 0 bridgehead atoms. The first-order valence-corrected chi connectivity index (χ1v) is 10.4. The molecule has 30 heavy (non-hydrogen) atoms. The number of hydrogen-bond acceptors (Lipinski definition) is 7. The van der Waals surface area contributed by atoms with E-state index in [0.717, 1.165) is 12.8 Å². The molecule has 1 aliphatic rings. The topological polar surface area (TPSA) is 102 Å². The summed E-state index contributed by atoms with van der Waals surface area (Å²) in [6, 6.07) is 10.5. The molecule has 0 unspecified atom stereocenters. The van der Waals surface area contributed by atoms with E-state index in [1.165, 1.54) is 11.3 Å². The van der Waals surface area contributed by atoms with Crippen LogP contribution in [0, 0.1) is 5.92 Å². The molecule has 1 aliphatic carbocycles. The van der Waals surface area contributed by atoms with Crippen LogP contribution in [0.2, 0.25) is 0 Å². The molecule has 2 heterocycles. The second-order valence-electron chi connectivity index (χ2n) is 8.01. The number of aromatic nitrogens is 2. The van der Waals surface area contributed by atoms with Crippen molar-refractivity contribution in [1.29, 1.82) is 0 Å². The quantitative estimate of drug-likeness (QED) is 0.583. The van der Waals surface area contributed by atoms with Gasteiger partial charge in [0.15, 0.2) is 5.13 Å². The monoisotopic (exact) mass is 426 g/mol. The van der Waals surface area contributed by atoms with Gasteiger partial charge in [-0.25, -0.2) is 14.8 Å². The van der Waals surface area contributed by atoms with E-state index >= 15 is 0 Å². The number of carbonyl (C=O) groups excluding carboxylic acids is 2. The van der Waals surface area contributed by atoms with Gasteiger partial charge in [-0.1, -0.05) is 17.4 Å². The highest BCUT2D eigenvalue weighted by Gasteiger charge is 2.30. The molecule has 3 aromatic rings. The van der Waals surface area contributed by atoms with Crippen LogP contribution in [-0.4, -0.2) is 27.6 Å². The molecule has 1 aromatic carbocycles. The first kappa shape index (κ1) is 20.1. The predicted molar refractivity (Wildman–Crippen MR) is 115 cm³/mol. The fraction of sp³-hybridized carbons (Fsp3) is 0.333. The number of nitrogens with zero attached hydrogens (tertiary/aromatic N) is 2. The number of carbonyl (C=O) groups is 2. The van der Waals surface area contributed by atoms with Gasteiger partial charge in [-0.2, -0.15) is 0 Å². The summed E-state index contributed by atoms with van der Waals surface area (Å²) in [5.74, 6) is 1.04. The second-order valence-corrected chi connectivity index (χ2v) is 8.99. The Morgan fingerprint density at radius 3 is 2.63 bits per heavy atom. The first-order valence-electron chi connectivity index (χ1n) is 9.61. The molecule has 0 aliphatic heterocycles. The Bertz CT molecular complexity index is 1100. The zero-order valence-corrected chi connectivity index (χ0v) is 17.7. The lowest BCUT2D eigenvalue weighted by atomic mass is 10.2. The Labute approximate surface area is 177 Å². The average Bonchev–Trinajstić information content (AvgIpc) is 3.41. The lowest BCUT2D eigenvalue weighted by Gasteiger charge is -2.19. The van der Waals surface area contributed by atoms with Gasteiger partial charge >= 0.3 is 6.09 Å². The molecule has 0 radical (unpaired) electrons. The Balaban J connectivity index is 1.44. The number of ether oxygens (including phenoxy) is 2. The highest BCUT2D eigenvalue weighted by Crippen LogP contribution is 2.33. The number of hydrogen-bond donors (Lipinski definition) is 2. The molecule has 1 fully saturated rings. The maximum atomic E-state index is 11.9. The van der Waals surface area contributed by atoms with Gasteiger partial charge < -0.3 is 14.8 Å². The van der Waals surface area contributed by atoms with E-state index in [1.807, 2.05) is 0 Å². The van der Waals surface area contributed by atoms with Gasteiger partial charge in [0.25, 0.3) is 0 Å². The Morgan fingerprint density at radius 2 is 1.90 bits per heavy atom. The molecule has 2 N–H and O–H groups in total. The summed E-state index contributed by atoms with van der Waals surface area (Å²) in [6.45, 7) is 5.41. The van der Waals surface area contributed by atoms with Gasteiger partial charge in [0.05, 0.1) is 0 Å². The van der Waals surface area contributed by atoms with E-state index in [9.17, 15) is 9.59 Å². The first-order chi connectivity index (χ1) is 14.2. The molecular weight excluding hydrogens is 404 g/mol. The Hall–Kier alpha value is -3.20. The number of fused-ring (bicyclic) bond motifs is 1. The third-order valence-corrected chi connectivity index (χ3v) is 4.99. The van der Waals surface area contributed by atoms with E-state index in [-0.39, 0.29) is 11.8 Å². The zero-order chi connectivity index (χ0) is 21.3. The fourth-order valence-corrected chi connectivity index (χ4v) is 3.48. The van der Waals surface area contributed by atoms with Crippen LogP contribution < -0.4 is 15.4 Å². The highest BCUT2D eigenvalue weighted by molar-refractivity contribution is 7.21. The second kappa shape index (κ2) is 7.91. The fourth-order valence-electron chi connectivity index (χ4n) is 2.64. The zero-order valence-electron chi connectivity index (χ0n) is 16.9. The standard InChI is InChI=1S/C21H22N4O4S/c1-21(2,3)29-20(27)22-13-5-4-6-14(11-13)28-16-10-9-15-18(24-16)30-19(23-15)25-17(26)12-7-8-12/h4-6,9-12H,7-8H2,1-3H3,(H,22,27)(H,23,25,26). The van der Waals surface area contributed by atoms with Crippen molar-refractivity contribution >= 4 is 44.5 Å². The summed E-state index contributed by atoms with van der Waals surface area (Å²) in [5, 5.41) is 6.06. The van der Waals surface area contributed by atoms with Crippen molar-refractivity contribution in [2.75, 3.05) is 10.6 Å². The van der Waals surface area contributed by atoms with Crippen LogP contribution in [0.1, 0.15) is 33.6 Å². The van der Waals surface area contributed by atoms with Gasteiger partial charge in [0.1, 0.15) is 21.7 Å². The minimum absolute atomic E-state index is 0.0137. The van der Waals surface area contributed by atoms with Crippen LogP contribution in [0.15, 0.2) is 36.4 Å². The number of anilines is 2. The van der Waals surface area contributed by atoms with Crippen molar-refractivity contribution in [3.63, 3.8) is 0 Å². The largest absolute Gasteiger partial charge is 0.444 e. The summed E-state index contributed by atoms with van der Waals surface area (Å²) < 4.78 is 11.1. The lowest BCUT2D eigenvalue weighted by molar-refractivity contribution is -0.117. The normalized spacial score (nSPS) is 13.7. The van der Waals surface area contributed by atoms with Gasteiger partial charge in [-0.15, -0.1) is 0 Å². The molecule has 2 aromatic heterocycles. The maximum absolute atomic E-state index is 11.9. The number of benzene rings is 1. The Morgan fingerprint density at radius 1 is 1.10 bits per heavy atom. The van der Waals surface area contributed by atoms with E-state index in [2.05, 4.69) is 20.6 Å². The Kier molecular flexibility index (Phi) is 5.29. The molecule has 2 amide bonds. The number of nitrogens with one attached hydrogen (secondary N) is 2. The third kappa shape index (κ3) is 5.24. The van der Waals surface area contributed by atoms with Crippen LogP contribution in [0.25, 0.3) is 10.3 Å². The average molecular weight is 426 g/mol. The molecule has 8 nitrogen and oxygen atoms in total. The number of pyridine rings is 1. The summed E-state index contributed by atoms with van der Waals surface area (Å²) in [5.41, 5.74) is 0.660. The molecule has 9 heteroatoms. The van der Waals surface area contributed by atoms with Crippen molar-refractivity contribution < 1.29 is 19.1 Å². The maximum Gasteiger partial charge on any atom is 0.412 e. The molecule has 4 rings (SSSR count). The number of rotatable bonds is 5. The predicted octanol–water partition coefficient (Wildman–Crippen LogP) is 5.18. The summed E-state index contributed by atoms with van der Waals surface area (Å²) >= 11 is 1.30. The van der Waals surface area contributed by atoms with Gasteiger partial charge in [-0.3, -0.25) is 10.1 Å². The van der Waals surface area contributed by atoms with Crippen LogP contribution in [0.3, 0.4) is 0 Å². The van der Waals surface area contributed by atoms with E-state index in [0.29, 0.717) is 32.8 Å². The third-order valence-electron chi connectivity index (χ3n) is 4.11. The van der Waals surface area contributed by atoms with Crippen LogP contribution in [0.4, 0.5) is 15.6 Å². The molecule has 156 valence electrons. The molecule has 1 saturated carbocycles. The van der Waals surface area contributed by atoms with Crippen LogP contribution in [0.5, 0.6) is 11.6 Å². The van der Waals surface area contributed by atoms with Crippen molar-refractivity contribution in [3.05, 3.63) is 36.4 Å². The number of thiazole rings is 1. The van der Waals surface area contributed by atoms with Gasteiger partial charge in [0, 0.05) is 23.7 Å². The van der Waals surface area contributed by atoms with Crippen molar-refractivity contribution in [1.82, 2.24) is 9.97 Å². The molecular formula is C21H22N4O4S. The van der Waals surface area contributed by atoms with Crippen molar-refractivity contribution in [2.45, 2.75) is 39.2 Å². The minimum Gasteiger partial charge on any atom is -0.444 e. The summed E-state index contributed by atoms with van der Waals surface area (Å²) in [6.07, 6.45) is 1.34.